The lowest BCUT2D eigenvalue weighted by Gasteiger charge is -2.14. The number of carbonyl (C=O) groups is 1. The number of carbonyl (C=O) groups excluding carboxylic acids is 1. The van der Waals surface area contributed by atoms with Gasteiger partial charge in [-0.3, -0.25) is 4.79 Å². The smallest absolute Gasteiger partial charge is 0.257 e. The van der Waals surface area contributed by atoms with Crippen molar-refractivity contribution in [2.75, 3.05) is 11.1 Å². The van der Waals surface area contributed by atoms with E-state index in [1.165, 1.54) is 18.2 Å². The lowest BCUT2D eigenvalue weighted by atomic mass is 10.0. The molecule has 0 heterocycles. The molecule has 0 unspecified atom stereocenters. The summed E-state index contributed by atoms with van der Waals surface area (Å²) in [4.78, 5) is 12.2. The van der Waals surface area contributed by atoms with Gasteiger partial charge in [-0.2, -0.15) is 0 Å². The molecule has 3 N–H and O–H groups in total. The van der Waals surface area contributed by atoms with Gasteiger partial charge >= 0.3 is 0 Å². The number of hydrogen-bond acceptors (Lipinski definition) is 2. The monoisotopic (exact) mass is 272 g/mol. The van der Waals surface area contributed by atoms with Crippen molar-refractivity contribution in [1.29, 1.82) is 0 Å². The predicted octanol–water partition coefficient (Wildman–Crippen LogP) is 3.78. The van der Waals surface area contributed by atoms with Crippen molar-refractivity contribution in [2.45, 2.75) is 19.8 Å². The normalized spacial score (nSPS) is 10.6. The van der Waals surface area contributed by atoms with Crippen LogP contribution >= 0.6 is 0 Å². The summed E-state index contributed by atoms with van der Waals surface area (Å²) in [7, 11) is 0. The molecule has 2 aromatic carbocycles. The Kier molecular flexibility index (Phi) is 4.03. The van der Waals surface area contributed by atoms with Crippen LogP contribution in [0.25, 0.3) is 0 Å². The van der Waals surface area contributed by atoms with Gasteiger partial charge in [0.25, 0.3) is 5.91 Å². The van der Waals surface area contributed by atoms with Crippen LogP contribution in [0.2, 0.25) is 0 Å². The first-order valence-corrected chi connectivity index (χ1v) is 6.45. The second-order valence-corrected chi connectivity index (χ2v) is 4.90. The van der Waals surface area contributed by atoms with E-state index in [4.69, 9.17) is 5.73 Å². The van der Waals surface area contributed by atoms with E-state index in [1.54, 1.807) is 0 Å². The van der Waals surface area contributed by atoms with Crippen molar-refractivity contribution in [1.82, 2.24) is 0 Å². The first-order valence-electron chi connectivity index (χ1n) is 6.45. The largest absolute Gasteiger partial charge is 0.396 e. The van der Waals surface area contributed by atoms with Crippen LogP contribution < -0.4 is 11.1 Å². The van der Waals surface area contributed by atoms with Gasteiger partial charge in [0.15, 0.2) is 0 Å². The third-order valence-electron chi connectivity index (χ3n) is 3.13. The number of benzene rings is 2. The van der Waals surface area contributed by atoms with E-state index >= 15 is 0 Å². The maximum Gasteiger partial charge on any atom is 0.257 e. The number of rotatable bonds is 3. The fourth-order valence-corrected chi connectivity index (χ4v) is 2.04. The van der Waals surface area contributed by atoms with E-state index in [9.17, 15) is 9.18 Å². The fourth-order valence-electron chi connectivity index (χ4n) is 2.04. The van der Waals surface area contributed by atoms with Gasteiger partial charge in [-0.1, -0.05) is 38.1 Å². The molecular formula is C16H17FN2O. The highest BCUT2D eigenvalue weighted by Gasteiger charge is 2.14. The molecule has 4 heteroatoms. The molecule has 0 atom stereocenters. The van der Waals surface area contributed by atoms with Crippen molar-refractivity contribution < 1.29 is 9.18 Å². The van der Waals surface area contributed by atoms with Crippen molar-refractivity contribution in [3.05, 3.63) is 59.4 Å². The summed E-state index contributed by atoms with van der Waals surface area (Å²) < 4.78 is 13.4. The zero-order valence-corrected chi connectivity index (χ0v) is 11.5. The Balaban J connectivity index is 2.31. The van der Waals surface area contributed by atoms with Crippen LogP contribution in [-0.4, -0.2) is 5.91 Å². The minimum atomic E-state index is -0.588. The van der Waals surface area contributed by atoms with Crippen molar-refractivity contribution in [3.63, 3.8) is 0 Å². The van der Waals surface area contributed by atoms with E-state index in [0.717, 1.165) is 11.3 Å². The number of nitrogens with two attached hydrogens (primary N) is 1. The molecule has 104 valence electrons. The van der Waals surface area contributed by atoms with Gasteiger partial charge in [-0.15, -0.1) is 0 Å². The topological polar surface area (TPSA) is 55.1 Å². The summed E-state index contributed by atoms with van der Waals surface area (Å²) in [5.74, 6) is -0.721. The van der Waals surface area contributed by atoms with Gasteiger partial charge in [0.05, 0.1) is 11.3 Å². The number of hydrogen-bond donors (Lipinski definition) is 2. The van der Waals surface area contributed by atoms with Crippen molar-refractivity contribution >= 4 is 17.3 Å². The van der Waals surface area contributed by atoms with Crippen LogP contribution in [0.3, 0.4) is 0 Å². The minimum Gasteiger partial charge on any atom is -0.396 e. The van der Waals surface area contributed by atoms with Crippen molar-refractivity contribution in [2.24, 2.45) is 0 Å². The van der Waals surface area contributed by atoms with Gasteiger partial charge < -0.3 is 11.1 Å². The van der Waals surface area contributed by atoms with Gasteiger partial charge in [0, 0.05) is 5.69 Å². The lowest BCUT2D eigenvalue weighted by Crippen LogP contribution is -2.16. The molecule has 2 rings (SSSR count). The van der Waals surface area contributed by atoms with E-state index in [-0.39, 0.29) is 17.2 Å². The molecular weight excluding hydrogens is 255 g/mol. The first-order chi connectivity index (χ1) is 9.50. The second kappa shape index (κ2) is 5.74. The third-order valence-corrected chi connectivity index (χ3v) is 3.13. The van der Waals surface area contributed by atoms with E-state index < -0.39 is 11.7 Å². The molecule has 0 fully saturated rings. The summed E-state index contributed by atoms with van der Waals surface area (Å²) >= 11 is 0. The van der Waals surface area contributed by atoms with Gasteiger partial charge in [0.1, 0.15) is 5.82 Å². The molecule has 1 amide bonds. The van der Waals surface area contributed by atoms with E-state index in [0.29, 0.717) is 0 Å². The van der Waals surface area contributed by atoms with Crippen LogP contribution in [0, 0.1) is 5.82 Å². The average Bonchev–Trinajstić information content (AvgIpc) is 2.42. The Morgan fingerprint density at radius 1 is 1.15 bits per heavy atom. The molecule has 0 bridgehead atoms. The maximum atomic E-state index is 13.4. The number of anilines is 2. The summed E-state index contributed by atoms with van der Waals surface area (Å²) in [5, 5.41) is 2.79. The Labute approximate surface area is 117 Å². The van der Waals surface area contributed by atoms with Gasteiger partial charge in [-0.05, 0) is 29.7 Å². The molecule has 0 radical (unpaired) electrons. The Morgan fingerprint density at radius 2 is 1.85 bits per heavy atom. The molecule has 0 saturated heterocycles. The SMILES string of the molecule is CC(C)c1ccccc1NC(=O)c1cccc(F)c1N. The number of nitrogens with one attached hydrogen (secondary N) is 1. The molecule has 0 saturated carbocycles. The highest BCUT2D eigenvalue weighted by molar-refractivity contribution is 6.08. The molecule has 0 spiro atoms. The highest BCUT2D eigenvalue weighted by Crippen LogP contribution is 2.25. The summed E-state index contributed by atoms with van der Waals surface area (Å²) in [6, 6.07) is 11.7. The number of amides is 1. The Bertz CT molecular complexity index is 638. The molecule has 2 aromatic rings. The molecule has 0 aliphatic rings. The number of halogens is 1. The average molecular weight is 272 g/mol. The predicted molar refractivity (Wildman–Crippen MR) is 79.3 cm³/mol. The summed E-state index contributed by atoms with van der Waals surface area (Å²) in [5.41, 5.74) is 7.35. The quantitative estimate of drug-likeness (QED) is 0.835. The number of nitrogen functional groups attached to an aromatic ring is 1. The molecule has 0 aromatic heterocycles. The van der Waals surface area contributed by atoms with Crippen LogP contribution in [0.5, 0.6) is 0 Å². The fraction of sp³-hybridized carbons (Fsp3) is 0.188. The van der Waals surface area contributed by atoms with Crippen LogP contribution in [0.15, 0.2) is 42.5 Å². The van der Waals surface area contributed by atoms with Crippen LogP contribution in [0.1, 0.15) is 35.7 Å². The maximum absolute atomic E-state index is 13.4. The molecule has 0 aliphatic carbocycles. The lowest BCUT2D eigenvalue weighted by molar-refractivity contribution is 0.102. The van der Waals surface area contributed by atoms with E-state index in [1.807, 2.05) is 38.1 Å². The summed E-state index contributed by atoms with van der Waals surface area (Å²) in [6.45, 7) is 4.09. The van der Waals surface area contributed by atoms with Crippen LogP contribution in [0.4, 0.5) is 15.8 Å². The van der Waals surface area contributed by atoms with E-state index in [2.05, 4.69) is 5.32 Å². The molecule has 20 heavy (non-hydrogen) atoms. The third kappa shape index (κ3) is 2.79. The first kappa shape index (κ1) is 14.1. The van der Waals surface area contributed by atoms with Gasteiger partial charge in [-0.25, -0.2) is 4.39 Å². The molecule has 3 nitrogen and oxygen atoms in total. The van der Waals surface area contributed by atoms with Gasteiger partial charge in [0.2, 0.25) is 0 Å². The molecule has 0 aliphatic heterocycles. The van der Waals surface area contributed by atoms with Crippen LogP contribution in [-0.2, 0) is 0 Å². The standard InChI is InChI=1S/C16H17FN2O/c1-10(2)11-6-3-4-9-14(11)19-16(20)12-7-5-8-13(17)15(12)18/h3-10H,18H2,1-2H3,(H,19,20). The minimum absolute atomic E-state index is 0.132. The van der Waals surface area contributed by atoms with Crippen molar-refractivity contribution in [3.8, 4) is 0 Å². The summed E-state index contributed by atoms with van der Waals surface area (Å²) in [6.07, 6.45) is 0. The Hall–Kier alpha value is -2.36. The zero-order chi connectivity index (χ0) is 14.7. The second-order valence-electron chi connectivity index (χ2n) is 4.90. The number of para-hydroxylation sites is 2. The zero-order valence-electron chi connectivity index (χ0n) is 11.5. The Morgan fingerprint density at radius 3 is 2.55 bits per heavy atom. The highest BCUT2D eigenvalue weighted by atomic mass is 19.1.